The van der Waals surface area contributed by atoms with Gasteiger partial charge in [-0.25, -0.2) is 4.39 Å². The van der Waals surface area contributed by atoms with Crippen LogP contribution in [-0.2, 0) is 0 Å². The maximum atomic E-state index is 13.3. The number of nitrogens with zero attached hydrogens (tertiary/aromatic N) is 2. The molecule has 1 aromatic carbocycles. The number of hydrogen-bond donors (Lipinski definition) is 2. The molecule has 2 rings (SSSR count). The van der Waals surface area contributed by atoms with Crippen LogP contribution < -0.4 is 10.6 Å². The third kappa shape index (κ3) is 2.71. The summed E-state index contributed by atoms with van der Waals surface area (Å²) in [4.78, 5) is 4.51. The van der Waals surface area contributed by atoms with E-state index in [-0.39, 0.29) is 11.7 Å². The average Bonchev–Trinajstić information content (AvgIpc) is 2.35. The van der Waals surface area contributed by atoms with Crippen LogP contribution in [0.4, 0.5) is 10.1 Å². The first kappa shape index (κ1) is 13.8. The van der Waals surface area contributed by atoms with Gasteiger partial charge in [0.1, 0.15) is 11.7 Å². The number of nitrogens with one attached hydrogen (secondary N) is 1. The fourth-order valence-corrected chi connectivity index (χ4v) is 2.60. The van der Waals surface area contributed by atoms with Crippen LogP contribution in [0.2, 0.25) is 0 Å². The number of benzene rings is 1. The zero-order chi connectivity index (χ0) is 14.2. The Morgan fingerprint density at radius 1 is 1.32 bits per heavy atom. The monoisotopic (exact) mass is 264 g/mol. The highest BCUT2D eigenvalue weighted by atomic mass is 19.1. The Hall–Kier alpha value is -1.62. The molecular formula is C14H21FN4. The molecule has 1 fully saturated rings. The predicted molar refractivity (Wildman–Crippen MR) is 76.3 cm³/mol. The second kappa shape index (κ2) is 5.17. The fraction of sp³-hybridized carbons (Fsp3) is 0.500. The summed E-state index contributed by atoms with van der Waals surface area (Å²) >= 11 is 0. The molecule has 1 heterocycles. The predicted octanol–water partition coefficient (Wildman–Crippen LogP) is 1.64. The number of halogens is 1. The lowest BCUT2D eigenvalue weighted by atomic mass is 10.1. The molecule has 1 aliphatic heterocycles. The normalized spacial score (nSPS) is 24.5. The number of anilines is 1. The Morgan fingerprint density at radius 2 is 1.89 bits per heavy atom. The smallest absolute Gasteiger partial charge is 0.125 e. The Kier molecular flexibility index (Phi) is 3.75. The molecule has 1 aliphatic rings. The number of likely N-dealkylation sites (N-methyl/N-ethyl adjacent to an activating group) is 1. The number of rotatable bonds is 2. The van der Waals surface area contributed by atoms with Crippen molar-refractivity contribution in [3.63, 3.8) is 0 Å². The van der Waals surface area contributed by atoms with E-state index < -0.39 is 0 Å². The van der Waals surface area contributed by atoms with Crippen LogP contribution in [0.3, 0.4) is 0 Å². The minimum Gasteiger partial charge on any atom is -0.384 e. The summed E-state index contributed by atoms with van der Waals surface area (Å²) in [7, 11) is 2.11. The number of nitrogen functional groups attached to an aromatic ring is 1. The van der Waals surface area contributed by atoms with Crippen molar-refractivity contribution in [2.45, 2.75) is 25.9 Å². The summed E-state index contributed by atoms with van der Waals surface area (Å²) in [5.41, 5.74) is 6.89. The van der Waals surface area contributed by atoms with Gasteiger partial charge in [0.15, 0.2) is 0 Å². The lowest BCUT2D eigenvalue weighted by molar-refractivity contribution is 0.170. The van der Waals surface area contributed by atoms with Crippen molar-refractivity contribution in [3.05, 3.63) is 29.6 Å². The second-order valence-corrected chi connectivity index (χ2v) is 5.34. The van der Waals surface area contributed by atoms with Crippen molar-refractivity contribution in [2.75, 3.05) is 25.0 Å². The molecule has 2 atom stereocenters. The summed E-state index contributed by atoms with van der Waals surface area (Å²) in [5.74, 6) is -0.446. The van der Waals surface area contributed by atoms with Crippen molar-refractivity contribution in [1.82, 2.24) is 4.90 Å². The number of piperazine rings is 1. The zero-order valence-corrected chi connectivity index (χ0v) is 11.7. The minimum absolute atomic E-state index is 0.0891. The third-order valence-electron chi connectivity index (χ3n) is 3.95. The van der Waals surface area contributed by atoms with Crippen LogP contribution in [0.25, 0.3) is 0 Å². The average molecular weight is 264 g/mol. The molecule has 0 spiro atoms. The van der Waals surface area contributed by atoms with E-state index in [1.165, 1.54) is 12.1 Å². The number of nitrogens with two attached hydrogens (primary N) is 1. The van der Waals surface area contributed by atoms with Gasteiger partial charge < -0.3 is 10.6 Å². The molecule has 5 heteroatoms. The van der Waals surface area contributed by atoms with Crippen LogP contribution in [-0.4, -0.2) is 43.0 Å². The summed E-state index contributed by atoms with van der Waals surface area (Å²) in [6, 6.07) is 5.31. The van der Waals surface area contributed by atoms with E-state index in [2.05, 4.69) is 30.7 Å². The van der Waals surface area contributed by atoms with E-state index in [9.17, 15) is 4.39 Å². The molecule has 1 aromatic rings. The maximum absolute atomic E-state index is 13.3. The van der Waals surface area contributed by atoms with Crippen molar-refractivity contribution < 1.29 is 4.39 Å². The molecule has 104 valence electrons. The quantitative estimate of drug-likeness (QED) is 0.630. The molecule has 3 N–H and O–H groups in total. The van der Waals surface area contributed by atoms with Gasteiger partial charge in [-0.3, -0.25) is 10.3 Å². The SMILES string of the molecule is CC1CN(c2ccc(F)cc2C(=N)N)CC(C)N1C. The molecule has 0 saturated carbocycles. The minimum atomic E-state index is -0.357. The number of amidine groups is 1. The Bertz CT molecular complexity index is 476. The summed E-state index contributed by atoms with van der Waals surface area (Å²) in [5, 5.41) is 7.61. The van der Waals surface area contributed by atoms with E-state index in [1.807, 2.05) is 0 Å². The molecule has 0 radical (unpaired) electrons. The van der Waals surface area contributed by atoms with E-state index in [1.54, 1.807) is 6.07 Å². The van der Waals surface area contributed by atoms with Gasteiger partial charge >= 0.3 is 0 Å². The molecule has 0 amide bonds. The van der Waals surface area contributed by atoms with Crippen molar-refractivity contribution >= 4 is 11.5 Å². The van der Waals surface area contributed by atoms with Crippen molar-refractivity contribution in [2.24, 2.45) is 5.73 Å². The molecule has 1 saturated heterocycles. The van der Waals surface area contributed by atoms with Gasteiger partial charge in [0.25, 0.3) is 0 Å². The summed E-state index contributed by atoms with van der Waals surface area (Å²) in [6.45, 7) is 6.04. The first-order valence-electron chi connectivity index (χ1n) is 6.51. The molecule has 19 heavy (non-hydrogen) atoms. The Labute approximate surface area is 113 Å². The second-order valence-electron chi connectivity index (χ2n) is 5.34. The van der Waals surface area contributed by atoms with E-state index in [0.717, 1.165) is 18.8 Å². The van der Waals surface area contributed by atoms with Crippen LogP contribution >= 0.6 is 0 Å². The van der Waals surface area contributed by atoms with E-state index >= 15 is 0 Å². The highest BCUT2D eigenvalue weighted by molar-refractivity contribution is 6.00. The zero-order valence-electron chi connectivity index (χ0n) is 11.7. The highest BCUT2D eigenvalue weighted by Gasteiger charge is 2.28. The van der Waals surface area contributed by atoms with Gasteiger partial charge in [0.05, 0.1) is 0 Å². The third-order valence-corrected chi connectivity index (χ3v) is 3.95. The summed E-state index contributed by atoms with van der Waals surface area (Å²) in [6.07, 6.45) is 0. The van der Waals surface area contributed by atoms with Gasteiger partial charge in [0.2, 0.25) is 0 Å². The molecule has 2 unspecified atom stereocenters. The Balaban J connectivity index is 2.34. The van der Waals surface area contributed by atoms with Crippen molar-refractivity contribution in [1.29, 1.82) is 5.41 Å². The first-order valence-corrected chi connectivity index (χ1v) is 6.51. The standard InChI is InChI=1S/C14H21FN4/c1-9-7-19(8-10(2)18(9)3)13-5-4-11(15)6-12(13)14(16)17/h4-6,9-10H,7-8H2,1-3H3,(H3,16,17). The lowest BCUT2D eigenvalue weighted by Crippen LogP contribution is -2.55. The van der Waals surface area contributed by atoms with E-state index in [4.69, 9.17) is 11.1 Å². The topological polar surface area (TPSA) is 56.4 Å². The molecule has 0 bridgehead atoms. The van der Waals surface area contributed by atoms with Gasteiger partial charge in [-0.05, 0) is 39.1 Å². The molecule has 0 aliphatic carbocycles. The molecule has 4 nitrogen and oxygen atoms in total. The summed E-state index contributed by atoms with van der Waals surface area (Å²) < 4.78 is 13.3. The van der Waals surface area contributed by atoms with Gasteiger partial charge in [-0.15, -0.1) is 0 Å². The van der Waals surface area contributed by atoms with Crippen LogP contribution in [0.15, 0.2) is 18.2 Å². The van der Waals surface area contributed by atoms with Crippen LogP contribution in [0, 0.1) is 11.2 Å². The largest absolute Gasteiger partial charge is 0.384 e. The van der Waals surface area contributed by atoms with Gasteiger partial charge in [0, 0.05) is 36.4 Å². The van der Waals surface area contributed by atoms with Gasteiger partial charge in [-0.2, -0.15) is 0 Å². The van der Waals surface area contributed by atoms with Gasteiger partial charge in [-0.1, -0.05) is 0 Å². The molecular weight excluding hydrogens is 243 g/mol. The van der Waals surface area contributed by atoms with E-state index in [0.29, 0.717) is 17.6 Å². The van der Waals surface area contributed by atoms with Crippen LogP contribution in [0.5, 0.6) is 0 Å². The number of hydrogen-bond acceptors (Lipinski definition) is 3. The maximum Gasteiger partial charge on any atom is 0.125 e. The molecule has 0 aromatic heterocycles. The fourth-order valence-electron chi connectivity index (χ4n) is 2.60. The first-order chi connectivity index (χ1) is 8.90. The lowest BCUT2D eigenvalue weighted by Gasteiger charge is -2.44. The Morgan fingerprint density at radius 3 is 2.42 bits per heavy atom. The van der Waals surface area contributed by atoms with Crippen LogP contribution in [0.1, 0.15) is 19.4 Å². The van der Waals surface area contributed by atoms with Crippen molar-refractivity contribution in [3.8, 4) is 0 Å². The highest BCUT2D eigenvalue weighted by Crippen LogP contribution is 2.25.